The summed E-state index contributed by atoms with van der Waals surface area (Å²) in [6.45, 7) is 0.923. The summed E-state index contributed by atoms with van der Waals surface area (Å²) in [4.78, 5) is 17.2. The van der Waals surface area contributed by atoms with Crippen molar-refractivity contribution in [3.05, 3.63) is 76.8 Å². The first-order valence-electron chi connectivity index (χ1n) is 9.74. The average Bonchev–Trinajstić information content (AvgIpc) is 3.21. The monoisotopic (exact) mass is 439 g/mol. The Morgan fingerprint density at radius 2 is 2.13 bits per heavy atom. The van der Waals surface area contributed by atoms with E-state index in [4.69, 9.17) is 25.8 Å². The maximum Gasteiger partial charge on any atom is 0.244 e. The van der Waals surface area contributed by atoms with Crippen LogP contribution in [0.5, 0.6) is 17.2 Å². The molecule has 1 aliphatic heterocycles. The number of amides is 1. The lowest BCUT2D eigenvalue weighted by atomic mass is 10.1. The van der Waals surface area contributed by atoms with E-state index >= 15 is 0 Å². The quantitative estimate of drug-likeness (QED) is 0.592. The Labute approximate surface area is 185 Å². The molecule has 160 valence electrons. The molecule has 3 aromatic rings. The third-order valence-corrected chi connectivity index (χ3v) is 5.16. The van der Waals surface area contributed by atoms with Crippen molar-refractivity contribution >= 4 is 23.6 Å². The number of hydrogen-bond donors (Lipinski definition) is 1. The molecular formula is C23H22ClN3O4. The van der Waals surface area contributed by atoms with Crippen LogP contribution < -0.4 is 19.5 Å². The summed E-state index contributed by atoms with van der Waals surface area (Å²) >= 11 is 6.28. The van der Waals surface area contributed by atoms with Gasteiger partial charge < -0.3 is 24.1 Å². The molecule has 8 heteroatoms. The van der Waals surface area contributed by atoms with E-state index in [-0.39, 0.29) is 5.91 Å². The Morgan fingerprint density at radius 1 is 1.29 bits per heavy atom. The van der Waals surface area contributed by atoms with Gasteiger partial charge in [-0.2, -0.15) is 0 Å². The van der Waals surface area contributed by atoms with Gasteiger partial charge in [-0.25, -0.2) is 4.98 Å². The zero-order chi connectivity index (χ0) is 21.8. The smallest absolute Gasteiger partial charge is 0.244 e. The van der Waals surface area contributed by atoms with Crippen molar-refractivity contribution in [2.24, 2.45) is 7.05 Å². The van der Waals surface area contributed by atoms with Crippen LogP contribution >= 0.6 is 11.6 Å². The zero-order valence-corrected chi connectivity index (χ0v) is 17.9. The summed E-state index contributed by atoms with van der Waals surface area (Å²) in [7, 11) is 3.49. The summed E-state index contributed by atoms with van der Waals surface area (Å²) in [5.41, 5.74) is 1.59. The highest BCUT2D eigenvalue weighted by atomic mass is 35.5. The Morgan fingerprint density at radius 3 is 2.90 bits per heavy atom. The van der Waals surface area contributed by atoms with Crippen LogP contribution in [0.3, 0.4) is 0 Å². The molecule has 0 saturated carbocycles. The molecule has 7 nitrogen and oxygen atoms in total. The van der Waals surface area contributed by atoms with Gasteiger partial charge in [0.05, 0.1) is 12.1 Å². The minimum absolute atomic E-state index is 0.276. The standard InChI is InChI=1S/C23H22ClN3O4/c1-27-9-8-25-23(27)21(16-4-3-5-17(14-16)29-2)26-20(28)7-6-15-12-18(24)22-19(13-15)30-10-11-31-22/h3-9,12-14,21H,10-11H2,1-2H3,(H,26,28)/b7-6+. The highest BCUT2D eigenvalue weighted by Gasteiger charge is 2.21. The van der Waals surface area contributed by atoms with Gasteiger partial charge in [0.2, 0.25) is 5.91 Å². The molecule has 0 fully saturated rings. The van der Waals surface area contributed by atoms with E-state index < -0.39 is 6.04 Å². The Hall–Kier alpha value is -3.45. The Kier molecular flexibility index (Phi) is 6.13. The molecule has 0 spiro atoms. The summed E-state index contributed by atoms with van der Waals surface area (Å²) in [6, 6.07) is 10.6. The molecule has 1 unspecified atom stereocenters. The third-order valence-electron chi connectivity index (χ3n) is 4.88. The van der Waals surface area contributed by atoms with Crippen molar-refractivity contribution in [2.75, 3.05) is 20.3 Å². The number of carbonyl (C=O) groups excluding carboxylic acids is 1. The third kappa shape index (κ3) is 4.67. The first-order valence-corrected chi connectivity index (χ1v) is 10.1. The molecule has 0 radical (unpaired) electrons. The molecule has 31 heavy (non-hydrogen) atoms. The number of rotatable bonds is 6. The summed E-state index contributed by atoms with van der Waals surface area (Å²) < 4.78 is 18.3. The van der Waals surface area contributed by atoms with Crippen LogP contribution in [-0.4, -0.2) is 35.8 Å². The van der Waals surface area contributed by atoms with Crippen molar-refractivity contribution in [3.8, 4) is 17.2 Å². The second-order valence-electron chi connectivity index (χ2n) is 6.97. The predicted molar refractivity (Wildman–Crippen MR) is 118 cm³/mol. The number of hydrogen-bond acceptors (Lipinski definition) is 5. The number of ether oxygens (including phenoxy) is 3. The lowest BCUT2D eigenvalue weighted by molar-refractivity contribution is -0.117. The second-order valence-corrected chi connectivity index (χ2v) is 7.38. The largest absolute Gasteiger partial charge is 0.497 e. The van der Waals surface area contributed by atoms with Gasteiger partial charge in [-0.3, -0.25) is 4.79 Å². The van der Waals surface area contributed by atoms with Crippen molar-refractivity contribution in [3.63, 3.8) is 0 Å². The van der Waals surface area contributed by atoms with E-state index in [1.54, 1.807) is 31.5 Å². The van der Waals surface area contributed by atoms with E-state index in [0.717, 1.165) is 11.1 Å². The Bertz CT molecular complexity index is 1130. The summed E-state index contributed by atoms with van der Waals surface area (Å²) in [5, 5.41) is 3.47. The maximum absolute atomic E-state index is 12.8. The van der Waals surface area contributed by atoms with Crippen LogP contribution in [0.15, 0.2) is 54.9 Å². The number of imidazole rings is 1. The summed E-state index contributed by atoms with van der Waals surface area (Å²) in [5.74, 6) is 2.23. The Balaban J connectivity index is 1.57. The average molecular weight is 440 g/mol. The van der Waals surface area contributed by atoms with Crippen LogP contribution in [0.25, 0.3) is 6.08 Å². The van der Waals surface area contributed by atoms with Gasteiger partial charge in [-0.05, 0) is 41.5 Å². The number of aromatic nitrogens is 2. The number of fused-ring (bicyclic) bond motifs is 1. The number of methoxy groups -OCH3 is 1. The molecule has 0 bridgehead atoms. The molecule has 1 atom stereocenters. The zero-order valence-electron chi connectivity index (χ0n) is 17.2. The minimum Gasteiger partial charge on any atom is -0.497 e. The van der Waals surface area contributed by atoms with Crippen LogP contribution in [0.2, 0.25) is 5.02 Å². The number of halogens is 1. The SMILES string of the molecule is COc1cccc(C(NC(=O)/C=C/c2cc(Cl)c3c(c2)OCCO3)c2nccn2C)c1. The highest BCUT2D eigenvalue weighted by Crippen LogP contribution is 2.38. The molecule has 1 N–H and O–H groups in total. The predicted octanol–water partition coefficient (Wildman–Crippen LogP) is 3.77. The molecule has 0 saturated heterocycles. The topological polar surface area (TPSA) is 74.6 Å². The van der Waals surface area contributed by atoms with E-state index in [1.807, 2.05) is 42.1 Å². The highest BCUT2D eigenvalue weighted by molar-refractivity contribution is 6.32. The summed E-state index contributed by atoms with van der Waals surface area (Å²) in [6.07, 6.45) is 6.67. The number of nitrogens with one attached hydrogen (secondary N) is 1. The fourth-order valence-corrected chi connectivity index (χ4v) is 3.64. The van der Waals surface area contributed by atoms with Crippen LogP contribution in [-0.2, 0) is 11.8 Å². The van der Waals surface area contributed by atoms with Gasteiger partial charge in [0.15, 0.2) is 11.5 Å². The number of nitrogens with zero attached hydrogens (tertiary/aromatic N) is 2. The van der Waals surface area contributed by atoms with Crippen LogP contribution in [0.4, 0.5) is 0 Å². The first-order chi connectivity index (χ1) is 15.0. The molecule has 0 aliphatic carbocycles. The minimum atomic E-state index is -0.448. The lowest BCUT2D eigenvalue weighted by Crippen LogP contribution is -2.29. The van der Waals surface area contributed by atoms with Gasteiger partial charge in [0, 0.05) is 25.5 Å². The molecule has 1 aromatic heterocycles. The molecule has 1 amide bonds. The van der Waals surface area contributed by atoms with E-state index in [9.17, 15) is 4.79 Å². The first kappa shape index (κ1) is 20.8. The van der Waals surface area contributed by atoms with Gasteiger partial charge in [-0.15, -0.1) is 0 Å². The van der Waals surface area contributed by atoms with E-state index in [1.165, 1.54) is 6.08 Å². The molecule has 4 rings (SSSR count). The second kappa shape index (κ2) is 9.14. The van der Waals surface area contributed by atoms with Crippen molar-refractivity contribution in [1.82, 2.24) is 14.9 Å². The number of benzene rings is 2. The fraction of sp³-hybridized carbons (Fsp3) is 0.217. The van der Waals surface area contributed by atoms with Crippen molar-refractivity contribution in [2.45, 2.75) is 6.04 Å². The fourth-order valence-electron chi connectivity index (χ4n) is 3.36. The van der Waals surface area contributed by atoms with E-state index in [2.05, 4.69) is 10.3 Å². The van der Waals surface area contributed by atoms with Crippen LogP contribution in [0, 0.1) is 0 Å². The normalized spacial score (nSPS) is 13.8. The van der Waals surface area contributed by atoms with Gasteiger partial charge in [-0.1, -0.05) is 23.7 Å². The van der Waals surface area contributed by atoms with E-state index in [0.29, 0.717) is 41.3 Å². The van der Waals surface area contributed by atoms with Gasteiger partial charge in [0.1, 0.15) is 30.8 Å². The van der Waals surface area contributed by atoms with Gasteiger partial charge >= 0.3 is 0 Å². The van der Waals surface area contributed by atoms with Crippen LogP contribution in [0.1, 0.15) is 23.0 Å². The maximum atomic E-state index is 12.8. The lowest BCUT2D eigenvalue weighted by Gasteiger charge is -2.20. The molecule has 1 aliphatic rings. The molecular weight excluding hydrogens is 418 g/mol. The number of carbonyl (C=O) groups is 1. The molecule has 2 aromatic carbocycles. The number of aryl methyl sites for hydroxylation is 1. The van der Waals surface area contributed by atoms with Crippen molar-refractivity contribution < 1.29 is 19.0 Å². The van der Waals surface area contributed by atoms with Gasteiger partial charge in [0.25, 0.3) is 0 Å². The van der Waals surface area contributed by atoms with Crippen molar-refractivity contribution in [1.29, 1.82) is 0 Å². The molecule has 2 heterocycles.